The number of hydrogen-bond acceptors (Lipinski definition) is 3. The summed E-state index contributed by atoms with van der Waals surface area (Å²) in [5.74, 6) is -0.751. The van der Waals surface area contributed by atoms with Crippen LogP contribution >= 0.6 is 0 Å². The van der Waals surface area contributed by atoms with E-state index in [9.17, 15) is 9.59 Å². The molecule has 1 heterocycles. The summed E-state index contributed by atoms with van der Waals surface area (Å²) in [5, 5.41) is 6.53. The Hall–Kier alpha value is -3.61. The molecule has 2 aromatic carbocycles. The van der Waals surface area contributed by atoms with Crippen LogP contribution in [0.2, 0.25) is 0 Å². The van der Waals surface area contributed by atoms with Gasteiger partial charge in [-0.15, -0.1) is 0 Å². The monoisotopic (exact) mass is 349 g/mol. The van der Waals surface area contributed by atoms with Gasteiger partial charge >= 0.3 is 6.03 Å². The quantitative estimate of drug-likeness (QED) is 0.657. The van der Waals surface area contributed by atoms with Gasteiger partial charge in [-0.1, -0.05) is 43.3 Å². The first-order valence-corrected chi connectivity index (χ1v) is 8.13. The zero-order valence-corrected chi connectivity index (χ0v) is 14.3. The molecular formula is C19H19N5O2. The number of rotatable bonds is 5. The van der Waals surface area contributed by atoms with Crippen molar-refractivity contribution in [2.75, 3.05) is 5.32 Å². The largest absolute Gasteiger partial charge is 0.364 e. The van der Waals surface area contributed by atoms with Crippen molar-refractivity contribution in [3.8, 4) is 16.8 Å². The molecule has 0 spiro atoms. The van der Waals surface area contributed by atoms with E-state index in [-0.39, 0.29) is 11.4 Å². The number of nitrogens with two attached hydrogens (primary N) is 2. The summed E-state index contributed by atoms with van der Waals surface area (Å²) in [6.45, 7) is 2.11. The second kappa shape index (κ2) is 7.10. The highest BCUT2D eigenvalue weighted by Gasteiger charge is 2.16. The smallest absolute Gasteiger partial charge is 0.316 e. The normalized spacial score (nSPS) is 10.5. The summed E-state index contributed by atoms with van der Waals surface area (Å²) in [6.07, 6.45) is 2.49. The van der Waals surface area contributed by atoms with Gasteiger partial charge in [0.25, 0.3) is 5.91 Å². The molecule has 26 heavy (non-hydrogen) atoms. The average molecular weight is 349 g/mol. The molecule has 5 N–H and O–H groups in total. The number of primary amides is 2. The fourth-order valence-electron chi connectivity index (χ4n) is 2.67. The lowest BCUT2D eigenvalue weighted by molar-refractivity contribution is 0.0996. The van der Waals surface area contributed by atoms with Crippen molar-refractivity contribution in [2.45, 2.75) is 13.3 Å². The van der Waals surface area contributed by atoms with E-state index < -0.39 is 11.9 Å². The third-order valence-corrected chi connectivity index (χ3v) is 4.01. The highest BCUT2D eigenvalue weighted by molar-refractivity contribution is 6.00. The molecule has 0 saturated heterocycles. The van der Waals surface area contributed by atoms with Crippen molar-refractivity contribution in [1.29, 1.82) is 0 Å². The fraction of sp³-hybridized carbons (Fsp3) is 0.105. The number of amides is 3. The average Bonchev–Trinajstić information content (AvgIpc) is 3.05. The Morgan fingerprint density at radius 1 is 1.08 bits per heavy atom. The SMILES string of the molecule is CCc1ccc(-c2cccc(-n3cc(NC(N)=O)c(C(N)=O)n3)c2)cc1. The number of aromatic nitrogens is 2. The van der Waals surface area contributed by atoms with E-state index in [0.717, 1.165) is 23.2 Å². The maximum Gasteiger partial charge on any atom is 0.316 e. The van der Waals surface area contributed by atoms with Crippen LogP contribution in [0.5, 0.6) is 0 Å². The summed E-state index contributed by atoms with van der Waals surface area (Å²) >= 11 is 0. The molecule has 1 aromatic heterocycles. The maximum absolute atomic E-state index is 11.6. The van der Waals surface area contributed by atoms with Gasteiger partial charge in [0.2, 0.25) is 0 Å². The molecule has 0 fully saturated rings. The first kappa shape index (κ1) is 17.2. The molecule has 0 atom stereocenters. The maximum atomic E-state index is 11.6. The standard InChI is InChI=1S/C19H19N5O2/c1-2-12-6-8-13(9-7-12)14-4-3-5-15(10-14)24-11-16(22-19(21)26)17(23-24)18(20)25/h3-11H,2H2,1H3,(H2,20,25)(H3,21,22,26). The van der Waals surface area contributed by atoms with Crippen LogP contribution in [0.1, 0.15) is 23.0 Å². The van der Waals surface area contributed by atoms with Gasteiger partial charge in [0.15, 0.2) is 5.69 Å². The van der Waals surface area contributed by atoms with Crippen LogP contribution in [0.25, 0.3) is 16.8 Å². The molecule has 0 unspecified atom stereocenters. The van der Waals surface area contributed by atoms with Crippen molar-refractivity contribution in [3.63, 3.8) is 0 Å². The van der Waals surface area contributed by atoms with Crippen LogP contribution in [0.15, 0.2) is 54.7 Å². The van der Waals surface area contributed by atoms with Gasteiger partial charge in [0.1, 0.15) is 0 Å². The first-order valence-electron chi connectivity index (χ1n) is 8.13. The van der Waals surface area contributed by atoms with Crippen molar-refractivity contribution in [1.82, 2.24) is 9.78 Å². The van der Waals surface area contributed by atoms with Gasteiger partial charge < -0.3 is 16.8 Å². The van der Waals surface area contributed by atoms with Crippen molar-refractivity contribution < 1.29 is 9.59 Å². The van der Waals surface area contributed by atoms with Crippen LogP contribution < -0.4 is 16.8 Å². The Kier molecular flexibility index (Phi) is 4.70. The number of nitrogens with one attached hydrogen (secondary N) is 1. The van der Waals surface area contributed by atoms with E-state index in [4.69, 9.17) is 11.5 Å². The lowest BCUT2D eigenvalue weighted by Crippen LogP contribution is -2.22. The number of carbonyl (C=O) groups excluding carboxylic acids is 2. The van der Waals surface area contributed by atoms with Crippen molar-refractivity contribution in [3.05, 3.63) is 66.0 Å². The molecule has 3 rings (SSSR count). The summed E-state index contributed by atoms with van der Waals surface area (Å²) < 4.78 is 1.48. The molecule has 132 valence electrons. The van der Waals surface area contributed by atoms with E-state index in [1.807, 2.05) is 24.3 Å². The first-order chi connectivity index (χ1) is 12.5. The van der Waals surface area contributed by atoms with Gasteiger partial charge in [0, 0.05) is 0 Å². The third-order valence-electron chi connectivity index (χ3n) is 4.01. The van der Waals surface area contributed by atoms with Crippen LogP contribution in [0.3, 0.4) is 0 Å². The molecule has 0 bridgehead atoms. The Balaban J connectivity index is 1.99. The molecule has 0 aliphatic heterocycles. The molecule has 3 amide bonds. The van der Waals surface area contributed by atoms with Gasteiger partial charge in [-0.25, -0.2) is 9.48 Å². The minimum absolute atomic E-state index is 0.0542. The third kappa shape index (κ3) is 3.56. The van der Waals surface area contributed by atoms with E-state index >= 15 is 0 Å². The molecular weight excluding hydrogens is 330 g/mol. The van der Waals surface area contributed by atoms with Crippen LogP contribution in [0.4, 0.5) is 10.5 Å². The number of aryl methyl sites for hydroxylation is 1. The van der Waals surface area contributed by atoms with Gasteiger partial charge in [-0.3, -0.25) is 4.79 Å². The minimum atomic E-state index is -0.795. The topological polar surface area (TPSA) is 116 Å². The van der Waals surface area contributed by atoms with E-state index in [1.54, 1.807) is 0 Å². The number of hydrogen-bond donors (Lipinski definition) is 3. The fourth-order valence-corrected chi connectivity index (χ4v) is 2.67. The van der Waals surface area contributed by atoms with E-state index in [0.29, 0.717) is 0 Å². The van der Waals surface area contributed by atoms with E-state index in [2.05, 4.69) is 41.6 Å². The molecule has 0 aliphatic carbocycles. The van der Waals surface area contributed by atoms with Gasteiger partial charge in [-0.2, -0.15) is 5.10 Å². The number of benzene rings is 2. The summed E-state index contributed by atoms with van der Waals surface area (Å²) in [4.78, 5) is 22.7. The molecule has 3 aromatic rings. The van der Waals surface area contributed by atoms with Crippen molar-refractivity contribution in [2.24, 2.45) is 11.5 Å². The van der Waals surface area contributed by atoms with Crippen LogP contribution in [-0.4, -0.2) is 21.7 Å². The zero-order valence-electron chi connectivity index (χ0n) is 14.3. The second-order valence-electron chi connectivity index (χ2n) is 5.79. The number of urea groups is 1. The summed E-state index contributed by atoms with van der Waals surface area (Å²) in [5.41, 5.74) is 14.6. The lowest BCUT2D eigenvalue weighted by atomic mass is 10.0. The molecule has 0 aliphatic rings. The Morgan fingerprint density at radius 2 is 1.81 bits per heavy atom. The predicted octanol–water partition coefficient (Wildman–Crippen LogP) is 2.69. The molecule has 7 nitrogen and oxygen atoms in total. The van der Waals surface area contributed by atoms with Gasteiger partial charge in [-0.05, 0) is 35.2 Å². The second-order valence-corrected chi connectivity index (χ2v) is 5.79. The summed E-state index contributed by atoms with van der Waals surface area (Å²) in [6, 6.07) is 15.2. The van der Waals surface area contributed by atoms with Crippen LogP contribution in [-0.2, 0) is 6.42 Å². The van der Waals surface area contributed by atoms with Crippen molar-refractivity contribution >= 4 is 17.6 Å². The molecule has 0 radical (unpaired) electrons. The minimum Gasteiger partial charge on any atom is -0.364 e. The Labute approximate surface area is 150 Å². The zero-order chi connectivity index (χ0) is 18.7. The number of anilines is 1. The molecule has 7 heteroatoms. The predicted molar refractivity (Wildman–Crippen MR) is 100 cm³/mol. The lowest BCUT2D eigenvalue weighted by Gasteiger charge is -2.06. The van der Waals surface area contributed by atoms with E-state index in [1.165, 1.54) is 16.4 Å². The Bertz CT molecular complexity index is 960. The highest BCUT2D eigenvalue weighted by Crippen LogP contribution is 2.24. The number of nitrogens with zero attached hydrogens (tertiary/aromatic N) is 2. The number of carbonyl (C=O) groups is 2. The summed E-state index contributed by atoms with van der Waals surface area (Å²) in [7, 11) is 0. The highest BCUT2D eigenvalue weighted by atomic mass is 16.2. The Morgan fingerprint density at radius 3 is 2.42 bits per heavy atom. The molecule has 0 saturated carbocycles. The van der Waals surface area contributed by atoms with Gasteiger partial charge in [0.05, 0.1) is 17.6 Å². The van der Waals surface area contributed by atoms with Crippen LogP contribution in [0, 0.1) is 0 Å².